The maximum atomic E-state index is 13.0. The highest BCUT2D eigenvalue weighted by molar-refractivity contribution is 7.80. The Bertz CT molecular complexity index is 952. The Hall–Kier alpha value is -3.43. The fraction of sp³-hybridized carbons (Fsp3) is 0.474. The first-order valence-electron chi connectivity index (χ1n) is 10.2. The van der Waals surface area contributed by atoms with Crippen LogP contribution in [0.15, 0.2) is 25.0 Å². The van der Waals surface area contributed by atoms with Crippen molar-refractivity contribution in [3.63, 3.8) is 0 Å². The van der Waals surface area contributed by atoms with Crippen LogP contribution >= 0.6 is 12.6 Å². The molecule has 2 aromatic rings. The molecule has 186 valence electrons. The molecule has 9 N–H and O–H groups in total. The number of hydrogen-bond acceptors (Lipinski definition) is 9. The van der Waals surface area contributed by atoms with E-state index in [2.05, 4.69) is 48.5 Å². The number of carboxylic acid groups (broad SMARTS) is 1. The van der Waals surface area contributed by atoms with E-state index in [-0.39, 0.29) is 18.6 Å². The van der Waals surface area contributed by atoms with Crippen molar-refractivity contribution in [1.82, 2.24) is 35.9 Å². The molecule has 0 aliphatic heterocycles. The predicted molar refractivity (Wildman–Crippen MR) is 122 cm³/mol. The molecule has 2 aromatic heterocycles. The quantitative estimate of drug-likeness (QED) is 0.129. The molecular formula is C19H28N8O6S. The fourth-order valence-corrected chi connectivity index (χ4v) is 3.18. The second kappa shape index (κ2) is 12.7. The Labute approximate surface area is 199 Å². The predicted octanol–water partition coefficient (Wildman–Crippen LogP) is -2.91. The van der Waals surface area contributed by atoms with E-state index in [0.717, 1.165) is 0 Å². The SMILES string of the molecule is CC(O)C(NC(=O)C(Cc1cnc[nH]1)NC(=O)C(N)Cc1cnc[nH]1)C(=O)NC(CS)C(=O)O. The lowest BCUT2D eigenvalue weighted by molar-refractivity contribution is -0.142. The summed E-state index contributed by atoms with van der Waals surface area (Å²) in [5.41, 5.74) is 7.09. The van der Waals surface area contributed by atoms with Crippen LogP contribution < -0.4 is 21.7 Å². The lowest BCUT2D eigenvalue weighted by Crippen LogP contribution is -2.60. The van der Waals surface area contributed by atoms with Crippen molar-refractivity contribution in [2.75, 3.05) is 5.75 Å². The first-order chi connectivity index (χ1) is 16.1. The van der Waals surface area contributed by atoms with Gasteiger partial charge in [-0.05, 0) is 6.92 Å². The lowest BCUT2D eigenvalue weighted by Gasteiger charge is -2.26. The molecule has 0 saturated carbocycles. The fourth-order valence-electron chi connectivity index (χ4n) is 2.94. The van der Waals surface area contributed by atoms with Gasteiger partial charge in [0, 0.05) is 42.4 Å². The molecule has 0 bridgehead atoms. The number of aromatic nitrogens is 4. The Morgan fingerprint density at radius 2 is 1.53 bits per heavy atom. The summed E-state index contributed by atoms with van der Waals surface area (Å²) in [6.45, 7) is 1.25. The van der Waals surface area contributed by atoms with Gasteiger partial charge in [-0.15, -0.1) is 0 Å². The minimum Gasteiger partial charge on any atom is -0.480 e. The largest absolute Gasteiger partial charge is 0.480 e. The van der Waals surface area contributed by atoms with Gasteiger partial charge in [0.05, 0.1) is 24.8 Å². The molecule has 0 aromatic carbocycles. The summed E-state index contributed by atoms with van der Waals surface area (Å²) in [6.07, 6.45) is 4.57. The number of carbonyl (C=O) groups is 4. The minimum absolute atomic E-state index is 0.0170. The van der Waals surface area contributed by atoms with Crippen LogP contribution in [0.25, 0.3) is 0 Å². The number of nitrogens with one attached hydrogen (secondary N) is 5. The molecule has 0 fully saturated rings. The van der Waals surface area contributed by atoms with Crippen LogP contribution in [0.4, 0.5) is 0 Å². The number of imidazole rings is 2. The van der Waals surface area contributed by atoms with E-state index in [4.69, 9.17) is 10.8 Å². The summed E-state index contributed by atoms with van der Waals surface area (Å²) in [4.78, 5) is 62.7. The maximum absolute atomic E-state index is 13.0. The summed E-state index contributed by atoms with van der Waals surface area (Å²) in [5.74, 6) is -3.88. The normalized spacial score (nSPS) is 15.4. The van der Waals surface area contributed by atoms with Crippen molar-refractivity contribution in [1.29, 1.82) is 0 Å². The summed E-state index contributed by atoms with van der Waals surface area (Å²) >= 11 is 3.87. The standard InChI is InChI=1S/C19H28N8O6S/c1-9(28)15(18(31)26-14(6-34)19(32)33)27-17(30)13(3-11-5-22-8-24-11)25-16(29)12(20)2-10-4-21-7-23-10/h4-5,7-9,12-15,28,34H,2-3,6,20H2,1H3,(H,21,23)(H,22,24)(H,25,29)(H,26,31)(H,27,30)(H,32,33). The number of hydrogen-bond donors (Lipinski definition) is 9. The first-order valence-corrected chi connectivity index (χ1v) is 10.9. The molecule has 0 radical (unpaired) electrons. The molecule has 34 heavy (non-hydrogen) atoms. The van der Waals surface area contributed by atoms with Gasteiger partial charge in [0.15, 0.2) is 0 Å². The minimum atomic E-state index is -1.49. The van der Waals surface area contributed by atoms with Crippen LogP contribution in [0.5, 0.6) is 0 Å². The van der Waals surface area contributed by atoms with Gasteiger partial charge < -0.3 is 41.9 Å². The molecule has 5 unspecified atom stereocenters. The topological polar surface area (TPSA) is 228 Å². The van der Waals surface area contributed by atoms with Crippen molar-refractivity contribution in [3.8, 4) is 0 Å². The Morgan fingerprint density at radius 1 is 0.971 bits per heavy atom. The number of nitrogens with zero attached hydrogens (tertiary/aromatic N) is 2. The number of nitrogens with two attached hydrogens (primary N) is 1. The zero-order chi connectivity index (χ0) is 25.3. The van der Waals surface area contributed by atoms with Crippen LogP contribution in [-0.2, 0) is 32.0 Å². The zero-order valence-electron chi connectivity index (χ0n) is 18.3. The number of carboxylic acids is 1. The Balaban J connectivity index is 2.13. The van der Waals surface area contributed by atoms with Gasteiger partial charge in [-0.3, -0.25) is 14.4 Å². The van der Waals surface area contributed by atoms with Gasteiger partial charge in [0.1, 0.15) is 18.1 Å². The maximum Gasteiger partial charge on any atom is 0.327 e. The number of rotatable bonds is 13. The molecule has 5 atom stereocenters. The highest BCUT2D eigenvalue weighted by atomic mass is 32.1. The third-order valence-electron chi connectivity index (χ3n) is 4.80. The number of aliphatic carboxylic acids is 1. The van der Waals surface area contributed by atoms with Crippen LogP contribution in [0.2, 0.25) is 0 Å². The highest BCUT2D eigenvalue weighted by Gasteiger charge is 2.32. The van der Waals surface area contributed by atoms with E-state index in [1.54, 1.807) is 0 Å². The van der Waals surface area contributed by atoms with Crippen molar-refractivity contribution >= 4 is 36.3 Å². The number of H-pyrrole nitrogens is 2. The van der Waals surface area contributed by atoms with E-state index < -0.39 is 54.0 Å². The van der Waals surface area contributed by atoms with E-state index in [0.29, 0.717) is 11.4 Å². The number of thiol groups is 1. The average Bonchev–Trinajstić information content (AvgIpc) is 3.48. The van der Waals surface area contributed by atoms with E-state index in [9.17, 15) is 24.3 Å². The van der Waals surface area contributed by atoms with Gasteiger partial charge in [-0.25, -0.2) is 14.8 Å². The van der Waals surface area contributed by atoms with Gasteiger partial charge >= 0.3 is 5.97 Å². The van der Waals surface area contributed by atoms with Crippen LogP contribution in [0.1, 0.15) is 18.3 Å². The number of amides is 3. The summed E-state index contributed by atoms with van der Waals surface area (Å²) < 4.78 is 0. The van der Waals surface area contributed by atoms with Gasteiger partial charge in [-0.2, -0.15) is 12.6 Å². The molecule has 2 heterocycles. The molecule has 0 aliphatic carbocycles. The summed E-state index contributed by atoms with van der Waals surface area (Å²) in [6, 6.07) is -5.00. The number of aliphatic hydroxyl groups excluding tert-OH is 1. The molecular weight excluding hydrogens is 468 g/mol. The first kappa shape index (κ1) is 26.8. The molecule has 3 amide bonds. The summed E-state index contributed by atoms with van der Waals surface area (Å²) in [7, 11) is 0. The smallest absolute Gasteiger partial charge is 0.327 e. The number of aromatic amines is 2. The Morgan fingerprint density at radius 3 is 2.00 bits per heavy atom. The molecule has 0 spiro atoms. The number of carbonyl (C=O) groups excluding carboxylic acids is 3. The van der Waals surface area contributed by atoms with E-state index in [1.807, 2.05) is 0 Å². The monoisotopic (exact) mass is 496 g/mol. The Kier molecular flexibility index (Phi) is 10.0. The van der Waals surface area contributed by atoms with E-state index >= 15 is 0 Å². The van der Waals surface area contributed by atoms with Gasteiger partial charge in [-0.1, -0.05) is 0 Å². The number of aliphatic hydroxyl groups is 1. The third kappa shape index (κ3) is 7.86. The highest BCUT2D eigenvalue weighted by Crippen LogP contribution is 2.04. The lowest BCUT2D eigenvalue weighted by atomic mass is 10.1. The molecule has 0 saturated heterocycles. The van der Waals surface area contributed by atoms with Crippen LogP contribution in [0, 0.1) is 0 Å². The van der Waals surface area contributed by atoms with Crippen LogP contribution in [-0.4, -0.2) is 89.9 Å². The summed E-state index contributed by atoms with van der Waals surface area (Å²) in [5, 5.41) is 26.2. The average molecular weight is 497 g/mol. The molecule has 14 nitrogen and oxygen atoms in total. The van der Waals surface area contributed by atoms with Gasteiger partial charge in [0.25, 0.3) is 0 Å². The van der Waals surface area contributed by atoms with Crippen molar-refractivity contribution < 1.29 is 29.4 Å². The second-order valence-electron chi connectivity index (χ2n) is 7.54. The molecule has 0 aliphatic rings. The van der Waals surface area contributed by atoms with Gasteiger partial charge in [0.2, 0.25) is 17.7 Å². The third-order valence-corrected chi connectivity index (χ3v) is 5.17. The zero-order valence-corrected chi connectivity index (χ0v) is 19.2. The van der Waals surface area contributed by atoms with E-state index in [1.165, 1.54) is 32.0 Å². The van der Waals surface area contributed by atoms with Crippen molar-refractivity contribution in [2.45, 2.75) is 50.0 Å². The molecule has 2 rings (SSSR count). The van der Waals surface area contributed by atoms with Crippen molar-refractivity contribution in [3.05, 3.63) is 36.4 Å². The second-order valence-corrected chi connectivity index (χ2v) is 7.90. The van der Waals surface area contributed by atoms with Crippen molar-refractivity contribution in [2.24, 2.45) is 5.73 Å². The molecule has 15 heteroatoms. The van der Waals surface area contributed by atoms with Crippen LogP contribution in [0.3, 0.4) is 0 Å².